The summed E-state index contributed by atoms with van der Waals surface area (Å²) in [4.78, 5) is 18.2. The zero-order valence-corrected chi connectivity index (χ0v) is 48.2. The molecule has 0 radical (unpaired) electrons. The van der Waals surface area contributed by atoms with E-state index in [4.69, 9.17) is 25.3 Å². The van der Waals surface area contributed by atoms with Crippen LogP contribution in [-0.2, 0) is 12.8 Å². The third-order valence-corrected chi connectivity index (χ3v) is 21.1. The molecule has 9 atom stereocenters. The van der Waals surface area contributed by atoms with Crippen molar-refractivity contribution < 1.29 is 13.6 Å². The van der Waals surface area contributed by atoms with Crippen LogP contribution in [0, 0.1) is 66.0 Å². The third kappa shape index (κ3) is 11.7. The minimum atomic E-state index is -1.23. The van der Waals surface area contributed by atoms with Gasteiger partial charge in [-0.05, 0) is 117 Å². The van der Waals surface area contributed by atoms with E-state index in [9.17, 15) is 15.3 Å². The number of ketones is 1. The summed E-state index contributed by atoms with van der Waals surface area (Å²) in [5.41, 5.74) is 10.6. The maximum Gasteiger partial charge on any atom is 0.194 e. The third-order valence-electron chi connectivity index (χ3n) is 15.8. The first-order valence-electron chi connectivity index (χ1n) is 26.7. The molecular weight excluding hydrogens is 1010 g/mol. The van der Waals surface area contributed by atoms with E-state index in [0.717, 1.165) is 81.9 Å². The fourth-order valence-electron chi connectivity index (χ4n) is 12.3. The van der Waals surface area contributed by atoms with Crippen LogP contribution in [0.15, 0.2) is 129 Å². The maximum absolute atomic E-state index is 16.6. The van der Waals surface area contributed by atoms with Gasteiger partial charge in [-0.25, -0.2) is 8.78 Å². The molecule has 10 heteroatoms. The number of allylic oxidation sites excluding steroid dienone is 7. The lowest BCUT2D eigenvalue weighted by atomic mass is 9.68. The largest absolute Gasteiger partial charge is 0.289 e. The number of alkyl halides is 1. The van der Waals surface area contributed by atoms with Crippen LogP contribution in [0.5, 0.6) is 0 Å². The maximum atomic E-state index is 16.6. The van der Waals surface area contributed by atoms with E-state index in [-0.39, 0.29) is 56.6 Å². The number of thioether (sulfide) groups is 2. The van der Waals surface area contributed by atoms with Crippen LogP contribution in [0.2, 0.25) is 0 Å². The molecule has 0 spiro atoms. The van der Waals surface area contributed by atoms with Crippen molar-refractivity contribution >= 4 is 77.0 Å². The van der Waals surface area contributed by atoms with Gasteiger partial charge in [-0.15, -0.1) is 60.1 Å². The number of nitrogens with zero attached hydrogens (tertiary/aromatic N) is 2. The van der Waals surface area contributed by atoms with Crippen molar-refractivity contribution in [3.63, 3.8) is 0 Å². The lowest BCUT2D eigenvalue weighted by molar-refractivity contribution is 0.104. The molecule has 3 aromatic carbocycles. The highest BCUT2D eigenvalue weighted by Crippen LogP contribution is 2.70. The number of hydrogen-bond donors (Lipinski definition) is 2. The molecule has 2 aliphatic heterocycles. The van der Waals surface area contributed by atoms with E-state index in [1.165, 1.54) is 59.8 Å². The quantitative estimate of drug-likeness (QED) is 0.0424. The molecule has 0 bridgehead atoms. The molecule has 1 aromatic heterocycles. The predicted molar refractivity (Wildman–Crippen MR) is 317 cm³/mol. The summed E-state index contributed by atoms with van der Waals surface area (Å²) in [5.74, 6) is -0.00507. The number of unbranched alkanes of at least 4 members (excludes halogenated alkanes) is 4. The van der Waals surface area contributed by atoms with E-state index in [1.54, 1.807) is 12.1 Å². The van der Waals surface area contributed by atoms with Gasteiger partial charge in [0.2, 0.25) is 0 Å². The fraction of sp³-hybridized carbons (Fsp3) is 0.422. The summed E-state index contributed by atoms with van der Waals surface area (Å²) in [6.45, 7) is 18.9. The highest BCUT2D eigenvalue weighted by atomic mass is 32.2. The topological polar surface area (TPSA) is 64.7 Å². The summed E-state index contributed by atoms with van der Waals surface area (Å²) in [7, 11) is 0. The molecule has 74 heavy (non-hydrogen) atoms. The van der Waals surface area contributed by atoms with Gasteiger partial charge in [-0.3, -0.25) is 4.79 Å². The summed E-state index contributed by atoms with van der Waals surface area (Å²) in [6, 6.07) is 29.8. The first-order valence-corrected chi connectivity index (χ1v) is 30.2. The smallest absolute Gasteiger partial charge is 0.194 e. The van der Waals surface area contributed by atoms with Gasteiger partial charge in [-0.2, -0.15) is 10.5 Å². The molecule has 4 aromatic rings. The lowest BCUT2D eigenvalue weighted by Gasteiger charge is -2.35. The Morgan fingerprint density at radius 2 is 1.62 bits per heavy atom. The molecule has 8 unspecified atom stereocenters. The van der Waals surface area contributed by atoms with Crippen LogP contribution < -0.4 is 0 Å². The highest BCUT2D eigenvalue weighted by molar-refractivity contribution is 8.07. The number of hydrogen-bond acceptors (Lipinski definition) is 8. The molecule has 2 aliphatic carbocycles. The van der Waals surface area contributed by atoms with Crippen molar-refractivity contribution in [1.82, 2.24) is 0 Å². The molecular formula is C64H70F2N2OS5. The summed E-state index contributed by atoms with van der Waals surface area (Å²) in [5, 5.41) is 20.6. The Labute approximate surface area is 463 Å². The van der Waals surface area contributed by atoms with Crippen molar-refractivity contribution in [2.45, 2.75) is 147 Å². The number of Topliss-reactive ketones (excluding diaryl/α,β-unsaturated/α-hetero) is 1. The normalized spacial score (nSPS) is 24.3. The number of carbonyl (C=O) groups is 1. The van der Waals surface area contributed by atoms with Crippen LogP contribution in [0.3, 0.4) is 0 Å². The number of carbonyl (C=O) groups excluding carboxylic acids is 1. The van der Waals surface area contributed by atoms with E-state index in [0.29, 0.717) is 44.4 Å². The van der Waals surface area contributed by atoms with E-state index < -0.39 is 6.17 Å². The van der Waals surface area contributed by atoms with Crippen molar-refractivity contribution in [2.75, 3.05) is 0 Å². The number of nitriles is 2. The Morgan fingerprint density at radius 3 is 2.30 bits per heavy atom. The Hall–Kier alpha value is -4.29. The van der Waals surface area contributed by atoms with Crippen molar-refractivity contribution in [2.24, 2.45) is 23.7 Å². The van der Waals surface area contributed by atoms with Gasteiger partial charge >= 0.3 is 0 Å². The van der Waals surface area contributed by atoms with Gasteiger partial charge in [0, 0.05) is 74.3 Å². The Bertz CT molecular complexity index is 3030. The number of benzene rings is 3. The van der Waals surface area contributed by atoms with E-state index >= 15 is 8.78 Å². The van der Waals surface area contributed by atoms with Crippen molar-refractivity contribution in [3.05, 3.63) is 183 Å². The Morgan fingerprint density at radius 1 is 0.905 bits per heavy atom. The van der Waals surface area contributed by atoms with Crippen molar-refractivity contribution in [3.8, 4) is 12.1 Å². The molecule has 0 N–H and O–H groups in total. The van der Waals surface area contributed by atoms with E-state index in [2.05, 4.69) is 101 Å². The molecule has 4 aliphatic rings. The zero-order valence-electron chi connectivity index (χ0n) is 43.9. The molecule has 0 amide bonds. The SMILES string of the molecule is C=C(S)\C(=C1/C(=C(C)/C(S)=C/C(C)F)SC2C3SC(/C=C4\C(=O)c5ccc(C)cc5C4=C(C#N)C#N)CC3[C@@H](C(c3cccc(C)c3)c3cccc(CCCCCC)c3)C12)c1cc(F)c(CC(CC)CCCC)s1. The standard InChI is InChI=1S/C64H70F2N2OS5/c1-9-12-14-15-20-42-21-17-23-44(29-42)56(43-22-16-18-36(4)26-43)58-50-32-46(31-49-57(45(34-67)35-68)48-27-37(5)24-25-47(48)61(49)69)72-63(50)64-60(58)59(62(74-64)39(7)52(71)28-38(6)65)55(40(8)70)54-33-51(66)53(73-54)30-41(11-3)19-13-10-2/h16-18,21-29,31,33,38,41,46,50,56,58,60,63-64,70-71H,8-15,19-20,30,32H2,1-7H3/b49-31-,52-28-,59-55+,62-39-/t38?,41?,46?,50?,56?,58-,60?,63?,64?/m0/s1. The van der Waals surface area contributed by atoms with Gasteiger partial charge in [0.1, 0.15) is 29.7 Å². The van der Waals surface area contributed by atoms with Crippen LogP contribution in [0.25, 0.3) is 11.1 Å². The number of halogens is 2. The van der Waals surface area contributed by atoms with Crippen LogP contribution in [0.4, 0.5) is 8.78 Å². The van der Waals surface area contributed by atoms with Gasteiger partial charge in [0.05, 0.1) is 0 Å². The molecule has 3 fully saturated rings. The minimum absolute atomic E-state index is 0.00770. The molecule has 1 saturated carbocycles. The Kier molecular flexibility index (Phi) is 18.7. The van der Waals surface area contributed by atoms with Crippen LogP contribution in [0.1, 0.15) is 152 Å². The predicted octanol–water partition coefficient (Wildman–Crippen LogP) is 18.3. The molecule has 8 rings (SSSR count). The average molecular weight is 1080 g/mol. The summed E-state index contributed by atoms with van der Waals surface area (Å²) >= 11 is 15.4. The van der Waals surface area contributed by atoms with Crippen LogP contribution in [-0.4, -0.2) is 27.7 Å². The number of thiol groups is 2. The molecule has 2 saturated heterocycles. The Balaban J connectivity index is 1.37. The number of rotatable bonds is 19. The second-order valence-electron chi connectivity index (χ2n) is 21.0. The fourth-order valence-corrected chi connectivity index (χ4v) is 18.1. The zero-order chi connectivity index (χ0) is 53.0. The van der Waals surface area contributed by atoms with Gasteiger partial charge in [0.25, 0.3) is 0 Å². The summed E-state index contributed by atoms with van der Waals surface area (Å²) < 4.78 is 31.6. The number of aryl methyl sites for hydroxylation is 3. The highest BCUT2D eigenvalue weighted by Gasteiger charge is 2.62. The second-order valence-corrected chi connectivity index (χ2v) is 25.8. The van der Waals surface area contributed by atoms with Gasteiger partial charge < -0.3 is 0 Å². The average Bonchev–Trinajstić information content (AvgIpc) is 4.17. The first-order chi connectivity index (χ1) is 35.6. The number of fused-ring (bicyclic) bond motifs is 4. The van der Waals surface area contributed by atoms with Crippen molar-refractivity contribution in [1.29, 1.82) is 10.5 Å². The second kappa shape index (κ2) is 24.8. The monoisotopic (exact) mass is 1080 g/mol. The van der Waals surface area contributed by atoms with Crippen LogP contribution >= 0.6 is 60.1 Å². The minimum Gasteiger partial charge on any atom is -0.289 e. The molecule has 3 nitrogen and oxygen atoms in total. The summed E-state index contributed by atoms with van der Waals surface area (Å²) in [6.07, 6.45) is 13.7. The lowest BCUT2D eigenvalue weighted by Crippen LogP contribution is -2.27. The first kappa shape index (κ1) is 55.9. The molecule has 3 heterocycles. The van der Waals surface area contributed by atoms with Gasteiger partial charge in [0.15, 0.2) is 5.78 Å². The molecule has 386 valence electrons. The number of thiophene rings is 1. The van der Waals surface area contributed by atoms with E-state index in [1.807, 2.05) is 55.6 Å². The van der Waals surface area contributed by atoms with Gasteiger partial charge in [-0.1, -0.05) is 156 Å².